The molecule has 0 fully saturated rings. The largest absolute Gasteiger partial charge is 0.388 e. The molecule has 0 saturated heterocycles. The highest BCUT2D eigenvalue weighted by Gasteiger charge is 2.35. The van der Waals surface area contributed by atoms with Gasteiger partial charge < -0.3 is 10.4 Å². The van der Waals surface area contributed by atoms with Gasteiger partial charge in [0.2, 0.25) is 0 Å². The fourth-order valence-corrected chi connectivity index (χ4v) is 0.582. The topological polar surface area (TPSA) is 49.3 Å². The fourth-order valence-electron chi connectivity index (χ4n) is 0.582. The molecule has 3 heteroatoms. The molecular formula is C10H17NO2. The second-order valence-electron chi connectivity index (χ2n) is 4.01. The van der Waals surface area contributed by atoms with E-state index in [2.05, 4.69) is 17.2 Å². The molecule has 74 valence electrons. The van der Waals surface area contributed by atoms with E-state index < -0.39 is 11.1 Å². The lowest BCUT2D eigenvalue weighted by Gasteiger charge is -2.37. The summed E-state index contributed by atoms with van der Waals surface area (Å²) in [5, 5.41) is 12.3. The Balaban J connectivity index is 4.49. The summed E-state index contributed by atoms with van der Waals surface area (Å²) in [6.07, 6.45) is 0. The maximum Gasteiger partial charge on any atom is 0.296 e. The molecule has 0 radical (unpaired) electrons. The molecular weight excluding hydrogens is 166 g/mol. The molecule has 0 bridgehead atoms. The Morgan fingerprint density at radius 1 is 1.31 bits per heavy atom. The highest BCUT2D eigenvalue weighted by Crippen LogP contribution is 2.19. The van der Waals surface area contributed by atoms with Crippen molar-refractivity contribution < 1.29 is 9.90 Å². The molecule has 0 atom stereocenters. The lowest BCUT2D eigenvalue weighted by molar-refractivity contribution is -0.120. The summed E-state index contributed by atoms with van der Waals surface area (Å²) in [7, 11) is 0. The molecule has 0 spiro atoms. The first-order valence-corrected chi connectivity index (χ1v) is 4.18. The first-order valence-electron chi connectivity index (χ1n) is 4.18. The number of carbonyl (C=O) groups excluding carboxylic acids is 1. The molecule has 2 N–H and O–H groups in total. The highest BCUT2D eigenvalue weighted by atomic mass is 16.3. The summed E-state index contributed by atoms with van der Waals surface area (Å²) in [6, 6.07) is 0. The van der Waals surface area contributed by atoms with Gasteiger partial charge in [0, 0.05) is 0 Å². The van der Waals surface area contributed by atoms with Crippen LogP contribution in [0.1, 0.15) is 34.6 Å². The number of amides is 1. The minimum atomic E-state index is -0.974. The summed E-state index contributed by atoms with van der Waals surface area (Å²) in [5.74, 6) is 4.49. The van der Waals surface area contributed by atoms with E-state index in [0.717, 1.165) is 0 Å². The monoisotopic (exact) mass is 183 g/mol. The van der Waals surface area contributed by atoms with Gasteiger partial charge in [-0.3, -0.25) is 4.79 Å². The van der Waals surface area contributed by atoms with Gasteiger partial charge >= 0.3 is 0 Å². The van der Waals surface area contributed by atoms with Gasteiger partial charge in [-0.15, -0.1) is 0 Å². The number of rotatable bonds is 2. The van der Waals surface area contributed by atoms with E-state index >= 15 is 0 Å². The second kappa shape index (κ2) is 3.80. The van der Waals surface area contributed by atoms with Crippen molar-refractivity contribution in [3.63, 3.8) is 0 Å². The Bertz CT molecular complexity index is 250. The lowest BCUT2D eigenvalue weighted by Crippen LogP contribution is -2.57. The highest BCUT2D eigenvalue weighted by molar-refractivity contribution is 5.93. The van der Waals surface area contributed by atoms with Crippen LogP contribution in [-0.4, -0.2) is 22.2 Å². The Hall–Kier alpha value is -1.01. The van der Waals surface area contributed by atoms with Crippen molar-refractivity contribution in [2.24, 2.45) is 0 Å². The molecule has 3 nitrogen and oxygen atoms in total. The van der Waals surface area contributed by atoms with E-state index in [9.17, 15) is 9.90 Å². The average molecular weight is 183 g/mol. The van der Waals surface area contributed by atoms with E-state index in [0.29, 0.717) is 0 Å². The van der Waals surface area contributed by atoms with Crippen LogP contribution in [0.25, 0.3) is 0 Å². The molecule has 0 rings (SSSR count). The van der Waals surface area contributed by atoms with Crippen molar-refractivity contribution in [2.75, 3.05) is 0 Å². The number of nitrogens with one attached hydrogen (secondary N) is 1. The second-order valence-corrected chi connectivity index (χ2v) is 4.01. The van der Waals surface area contributed by atoms with Crippen molar-refractivity contribution in [1.82, 2.24) is 5.32 Å². The van der Waals surface area contributed by atoms with Crippen LogP contribution < -0.4 is 5.32 Å². The third-order valence-electron chi connectivity index (χ3n) is 2.19. The van der Waals surface area contributed by atoms with Crippen LogP contribution in [0.4, 0.5) is 0 Å². The van der Waals surface area contributed by atoms with Crippen LogP contribution in [0.2, 0.25) is 0 Å². The SMILES string of the molecule is CC#CC(=O)NC(C)(C)C(C)(C)O. The van der Waals surface area contributed by atoms with Gasteiger partial charge in [0.15, 0.2) is 0 Å². The van der Waals surface area contributed by atoms with Gasteiger partial charge in [0.1, 0.15) is 0 Å². The Morgan fingerprint density at radius 2 is 1.77 bits per heavy atom. The molecule has 0 aliphatic heterocycles. The van der Waals surface area contributed by atoms with Crippen LogP contribution >= 0.6 is 0 Å². The van der Waals surface area contributed by atoms with Crippen molar-refractivity contribution >= 4 is 5.91 Å². The molecule has 0 aliphatic rings. The average Bonchev–Trinajstić information content (AvgIpc) is 1.83. The first kappa shape index (κ1) is 12.0. The molecule has 0 aromatic rings. The zero-order chi connectivity index (χ0) is 10.7. The van der Waals surface area contributed by atoms with E-state index in [1.54, 1.807) is 34.6 Å². The van der Waals surface area contributed by atoms with Crippen molar-refractivity contribution in [1.29, 1.82) is 0 Å². The van der Waals surface area contributed by atoms with Crippen LogP contribution in [0, 0.1) is 11.8 Å². The lowest BCUT2D eigenvalue weighted by atomic mass is 9.86. The Labute approximate surface area is 79.5 Å². The van der Waals surface area contributed by atoms with Gasteiger partial charge in [-0.2, -0.15) is 0 Å². The fraction of sp³-hybridized carbons (Fsp3) is 0.700. The minimum Gasteiger partial charge on any atom is -0.388 e. The number of aliphatic hydroxyl groups is 1. The van der Waals surface area contributed by atoms with Crippen LogP contribution in [-0.2, 0) is 4.79 Å². The maximum absolute atomic E-state index is 11.1. The number of hydrogen-bond donors (Lipinski definition) is 2. The van der Waals surface area contributed by atoms with Gasteiger partial charge in [-0.05, 0) is 40.5 Å². The third-order valence-corrected chi connectivity index (χ3v) is 2.19. The first-order chi connectivity index (χ1) is 5.70. The molecule has 0 saturated carbocycles. The van der Waals surface area contributed by atoms with E-state index in [1.807, 2.05) is 0 Å². The molecule has 0 unspecified atom stereocenters. The third kappa shape index (κ3) is 3.47. The summed E-state index contributed by atoms with van der Waals surface area (Å²) in [6.45, 7) is 8.39. The van der Waals surface area contributed by atoms with Gasteiger partial charge in [-0.25, -0.2) is 0 Å². The Kier molecular flexibility index (Phi) is 3.50. The van der Waals surface area contributed by atoms with E-state index in [1.165, 1.54) is 0 Å². The van der Waals surface area contributed by atoms with Crippen molar-refractivity contribution in [3.05, 3.63) is 0 Å². The van der Waals surface area contributed by atoms with Crippen LogP contribution in [0.3, 0.4) is 0 Å². The van der Waals surface area contributed by atoms with Crippen LogP contribution in [0.5, 0.6) is 0 Å². The maximum atomic E-state index is 11.1. The predicted octanol–water partition coefficient (Wildman–Crippen LogP) is 0.675. The predicted molar refractivity (Wildman–Crippen MR) is 52.0 cm³/mol. The summed E-state index contributed by atoms with van der Waals surface area (Å²) < 4.78 is 0. The summed E-state index contributed by atoms with van der Waals surface area (Å²) >= 11 is 0. The van der Waals surface area contributed by atoms with E-state index in [4.69, 9.17) is 0 Å². The van der Waals surface area contributed by atoms with Crippen LogP contribution in [0.15, 0.2) is 0 Å². The van der Waals surface area contributed by atoms with Crippen molar-refractivity contribution in [2.45, 2.75) is 45.8 Å². The zero-order valence-corrected chi connectivity index (χ0v) is 8.86. The van der Waals surface area contributed by atoms with Crippen molar-refractivity contribution in [3.8, 4) is 11.8 Å². The quantitative estimate of drug-likeness (QED) is 0.618. The summed E-state index contributed by atoms with van der Waals surface area (Å²) in [4.78, 5) is 11.1. The molecule has 0 heterocycles. The molecule has 13 heavy (non-hydrogen) atoms. The number of hydrogen-bond acceptors (Lipinski definition) is 2. The molecule has 0 aromatic heterocycles. The zero-order valence-electron chi connectivity index (χ0n) is 8.86. The number of carbonyl (C=O) groups is 1. The molecule has 1 amide bonds. The van der Waals surface area contributed by atoms with E-state index in [-0.39, 0.29) is 5.91 Å². The van der Waals surface area contributed by atoms with Gasteiger partial charge in [0.25, 0.3) is 5.91 Å². The smallest absolute Gasteiger partial charge is 0.296 e. The Morgan fingerprint density at radius 3 is 2.08 bits per heavy atom. The molecule has 0 aliphatic carbocycles. The van der Waals surface area contributed by atoms with Gasteiger partial charge in [0.05, 0.1) is 11.1 Å². The van der Waals surface area contributed by atoms with Gasteiger partial charge in [-0.1, -0.05) is 5.92 Å². The normalized spacial score (nSPS) is 11.5. The minimum absolute atomic E-state index is 0.366. The molecule has 0 aromatic carbocycles. The summed E-state index contributed by atoms with van der Waals surface area (Å²) in [5.41, 5.74) is -1.66. The standard InChI is InChI=1S/C10H17NO2/c1-6-7-8(12)11-9(2,3)10(4,5)13/h13H,1-5H3,(H,11,12).